The van der Waals surface area contributed by atoms with Gasteiger partial charge in [-0.15, -0.1) is 11.3 Å². The first-order chi connectivity index (χ1) is 15.4. The number of rotatable bonds is 7. The van der Waals surface area contributed by atoms with Crippen molar-refractivity contribution in [3.8, 4) is 22.6 Å². The van der Waals surface area contributed by atoms with Gasteiger partial charge in [0.05, 0.1) is 30.9 Å². The average molecular weight is 495 g/mol. The predicted molar refractivity (Wildman–Crippen MR) is 128 cm³/mol. The first-order valence-corrected chi connectivity index (χ1v) is 11.1. The molecule has 0 spiro atoms. The van der Waals surface area contributed by atoms with Gasteiger partial charge in [0, 0.05) is 16.6 Å². The lowest BCUT2D eigenvalue weighted by atomic mass is 10.0. The number of hydrogen-bond acceptors (Lipinski definition) is 6. The molecule has 0 aliphatic rings. The van der Waals surface area contributed by atoms with E-state index in [1.165, 1.54) is 24.5 Å². The molecular formula is C22H20Cl2N2O5S. The summed E-state index contributed by atoms with van der Waals surface area (Å²) in [6.45, 7) is 1.90. The number of halogens is 2. The van der Waals surface area contributed by atoms with E-state index >= 15 is 0 Å². The minimum absolute atomic E-state index is 0.189. The van der Waals surface area contributed by atoms with Crippen molar-refractivity contribution >= 4 is 57.2 Å². The van der Waals surface area contributed by atoms with Gasteiger partial charge in [-0.05, 0) is 42.8 Å². The molecular weight excluding hydrogens is 475 g/mol. The quantitative estimate of drug-likeness (QED) is 0.363. The van der Waals surface area contributed by atoms with Crippen LogP contribution in [0.4, 0.5) is 15.5 Å². The number of benzene rings is 2. The number of anilines is 2. The van der Waals surface area contributed by atoms with Crippen molar-refractivity contribution in [3.05, 3.63) is 57.4 Å². The van der Waals surface area contributed by atoms with E-state index in [1.807, 2.05) is 0 Å². The van der Waals surface area contributed by atoms with Crippen LogP contribution in [0.15, 0.2) is 41.8 Å². The Morgan fingerprint density at radius 3 is 2.38 bits per heavy atom. The van der Waals surface area contributed by atoms with Crippen LogP contribution in [0.5, 0.6) is 11.5 Å². The van der Waals surface area contributed by atoms with Crippen LogP contribution < -0.4 is 20.1 Å². The molecule has 3 aromatic rings. The van der Waals surface area contributed by atoms with Gasteiger partial charge in [-0.25, -0.2) is 9.59 Å². The zero-order valence-electron chi connectivity index (χ0n) is 17.5. The Hall–Kier alpha value is -2.94. The second-order valence-corrected chi connectivity index (χ2v) is 8.05. The minimum atomic E-state index is -0.552. The number of hydrogen-bond donors (Lipinski definition) is 2. The first kappa shape index (κ1) is 23.7. The lowest BCUT2D eigenvalue weighted by Gasteiger charge is -2.12. The van der Waals surface area contributed by atoms with Gasteiger partial charge in [-0.1, -0.05) is 29.3 Å². The summed E-state index contributed by atoms with van der Waals surface area (Å²) in [7, 11) is 3.07. The maximum Gasteiger partial charge on any atom is 0.341 e. The average Bonchev–Trinajstić information content (AvgIpc) is 3.19. The van der Waals surface area contributed by atoms with E-state index in [1.54, 1.807) is 49.7 Å². The normalized spacial score (nSPS) is 10.4. The van der Waals surface area contributed by atoms with Crippen LogP contribution >= 0.6 is 34.5 Å². The van der Waals surface area contributed by atoms with Crippen molar-refractivity contribution in [3.63, 3.8) is 0 Å². The number of nitrogens with one attached hydrogen (secondary N) is 2. The van der Waals surface area contributed by atoms with E-state index in [9.17, 15) is 9.59 Å². The third kappa shape index (κ3) is 5.27. The summed E-state index contributed by atoms with van der Waals surface area (Å²) in [6.07, 6.45) is 0. The molecule has 0 fully saturated rings. The molecule has 2 aromatic carbocycles. The molecule has 10 heteroatoms. The summed E-state index contributed by atoms with van der Waals surface area (Å²) < 4.78 is 15.9. The smallest absolute Gasteiger partial charge is 0.341 e. The van der Waals surface area contributed by atoms with Crippen molar-refractivity contribution in [2.45, 2.75) is 6.92 Å². The molecule has 168 valence electrons. The fourth-order valence-corrected chi connectivity index (χ4v) is 4.16. The van der Waals surface area contributed by atoms with Crippen LogP contribution in [0.3, 0.4) is 0 Å². The molecule has 0 unspecified atom stereocenters. The van der Waals surface area contributed by atoms with Crippen molar-refractivity contribution in [2.24, 2.45) is 0 Å². The van der Waals surface area contributed by atoms with Crippen LogP contribution in [-0.2, 0) is 4.74 Å². The Morgan fingerprint density at radius 1 is 0.969 bits per heavy atom. The van der Waals surface area contributed by atoms with E-state index < -0.39 is 12.0 Å². The number of urea groups is 1. The number of esters is 1. The number of methoxy groups -OCH3 is 2. The molecule has 2 N–H and O–H groups in total. The summed E-state index contributed by atoms with van der Waals surface area (Å²) in [5.41, 5.74) is 2.00. The summed E-state index contributed by atoms with van der Waals surface area (Å²) in [4.78, 5) is 25.3. The number of carbonyl (C=O) groups is 2. The Bertz CT molecular complexity index is 1150. The monoisotopic (exact) mass is 494 g/mol. The highest BCUT2D eigenvalue weighted by Gasteiger charge is 2.23. The van der Waals surface area contributed by atoms with Crippen molar-refractivity contribution in [1.29, 1.82) is 0 Å². The first-order valence-electron chi connectivity index (χ1n) is 9.42. The van der Waals surface area contributed by atoms with E-state index in [2.05, 4.69) is 10.6 Å². The van der Waals surface area contributed by atoms with Gasteiger partial charge in [0.15, 0.2) is 11.5 Å². The maximum absolute atomic E-state index is 12.7. The van der Waals surface area contributed by atoms with Crippen LogP contribution in [0.2, 0.25) is 10.0 Å². The lowest BCUT2D eigenvalue weighted by molar-refractivity contribution is 0.0529. The zero-order chi connectivity index (χ0) is 23.3. The van der Waals surface area contributed by atoms with Gasteiger partial charge in [0.1, 0.15) is 10.6 Å². The Labute approximate surface area is 199 Å². The second-order valence-electron chi connectivity index (χ2n) is 6.35. The molecule has 0 aliphatic carbocycles. The highest BCUT2D eigenvalue weighted by molar-refractivity contribution is 7.15. The highest BCUT2D eigenvalue weighted by atomic mass is 35.5. The van der Waals surface area contributed by atoms with Crippen LogP contribution in [0.25, 0.3) is 11.1 Å². The molecule has 0 saturated carbocycles. The molecule has 0 saturated heterocycles. The van der Waals surface area contributed by atoms with Crippen LogP contribution in [-0.4, -0.2) is 32.8 Å². The SMILES string of the molecule is CCOC(=O)c1c(-c2ccc(OC)c(OC)c2)csc1NC(=O)Nc1ccc(Cl)c(Cl)c1. The third-order valence-electron chi connectivity index (χ3n) is 4.37. The maximum atomic E-state index is 12.7. The standard InChI is InChI=1S/C22H20Cl2N2O5S/c1-4-31-21(27)19-14(12-5-8-17(29-2)18(9-12)30-3)11-32-20(19)26-22(28)25-13-6-7-15(23)16(24)10-13/h5-11H,4H2,1-3H3,(H2,25,26,28). The van der Waals surface area contributed by atoms with Gasteiger partial charge in [-0.3, -0.25) is 5.32 Å². The van der Waals surface area contributed by atoms with Crippen LogP contribution in [0, 0.1) is 0 Å². The molecule has 0 atom stereocenters. The van der Waals surface area contributed by atoms with Gasteiger partial charge in [0.25, 0.3) is 0 Å². The molecule has 32 heavy (non-hydrogen) atoms. The zero-order valence-corrected chi connectivity index (χ0v) is 19.8. The summed E-state index contributed by atoms with van der Waals surface area (Å²) in [5.74, 6) is 0.518. The largest absolute Gasteiger partial charge is 0.493 e. The topological polar surface area (TPSA) is 85.9 Å². The lowest BCUT2D eigenvalue weighted by Crippen LogP contribution is -2.20. The number of carbonyl (C=O) groups excluding carboxylic acids is 2. The Kier molecular flexibility index (Phi) is 7.84. The van der Waals surface area contributed by atoms with Gasteiger partial charge in [0.2, 0.25) is 0 Å². The molecule has 1 aromatic heterocycles. The highest BCUT2D eigenvalue weighted by Crippen LogP contribution is 2.39. The van der Waals surface area contributed by atoms with Gasteiger partial charge < -0.3 is 19.5 Å². The van der Waals surface area contributed by atoms with Crippen molar-refractivity contribution in [1.82, 2.24) is 0 Å². The summed E-state index contributed by atoms with van der Waals surface area (Å²) >= 11 is 13.1. The van der Waals surface area contributed by atoms with E-state index in [0.717, 1.165) is 0 Å². The van der Waals surface area contributed by atoms with Gasteiger partial charge in [-0.2, -0.15) is 0 Å². The Morgan fingerprint density at radius 2 is 1.72 bits per heavy atom. The molecule has 3 rings (SSSR count). The van der Waals surface area contributed by atoms with E-state index in [-0.39, 0.29) is 12.2 Å². The molecule has 1 heterocycles. The van der Waals surface area contributed by atoms with E-state index in [0.29, 0.717) is 43.4 Å². The molecule has 0 bridgehead atoms. The number of amides is 2. The minimum Gasteiger partial charge on any atom is -0.493 e. The third-order valence-corrected chi connectivity index (χ3v) is 6.00. The fourth-order valence-electron chi connectivity index (χ4n) is 2.91. The van der Waals surface area contributed by atoms with Crippen molar-refractivity contribution < 1.29 is 23.8 Å². The summed E-state index contributed by atoms with van der Waals surface area (Å²) in [6, 6.07) is 9.46. The molecule has 7 nitrogen and oxygen atoms in total. The molecule has 2 amide bonds. The fraction of sp³-hybridized carbons (Fsp3) is 0.182. The van der Waals surface area contributed by atoms with Crippen molar-refractivity contribution in [2.75, 3.05) is 31.5 Å². The molecule has 0 aliphatic heterocycles. The van der Waals surface area contributed by atoms with Gasteiger partial charge >= 0.3 is 12.0 Å². The van der Waals surface area contributed by atoms with E-state index in [4.69, 9.17) is 37.4 Å². The van der Waals surface area contributed by atoms with Crippen LogP contribution in [0.1, 0.15) is 17.3 Å². The molecule has 0 radical (unpaired) electrons. The second kappa shape index (κ2) is 10.6. The number of thiophene rings is 1. The Balaban J connectivity index is 1.93. The predicted octanol–water partition coefficient (Wildman–Crippen LogP) is 6.56. The number of ether oxygens (including phenoxy) is 3. The summed E-state index contributed by atoms with van der Waals surface area (Å²) in [5, 5.41) is 8.16.